The van der Waals surface area contributed by atoms with Crippen molar-refractivity contribution < 1.29 is 4.79 Å². The van der Waals surface area contributed by atoms with Crippen molar-refractivity contribution in [3.8, 4) is 0 Å². The largest absolute Gasteiger partial charge is 0.342 e. The molecule has 7 nitrogen and oxygen atoms in total. The van der Waals surface area contributed by atoms with E-state index >= 15 is 0 Å². The molecule has 0 saturated carbocycles. The maximum absolute atomic E-state index is 13.2. The van der Waals surface area contributed by atoms with Crippen LogP contribution in [0.1, 0.15) is 28.6 Å². The number of para-hydroxylation sites is 1. The summed E-state index contributed by atoms with van der Waals surface area (Å²) in [7, 11) is 1.70. The number of fused-ring (bicyclic) bond motifs is 2. The number of aryl methyl sites for hydroxylation is 1. The zero-order valence-corrected chi connectivity index (χ0v) is 17.0. The van der Waals surface area contributed by atoms with Gasteiger partial charge in [-0.05, 0) is 36.6 Å². The number of nitrogens with one attached hydrogen (secondary N) is 1. The summed E-state index contributed by atoms with van der Waals surface area (Å²) < 4.78 is 3.43. The predicted molar refractivity (Wildman–Crippen MR) is 115 cm³/mol. The highest BCUT2D eigenvalue weighted by atomic mass is 32.2. The number of hydrogen-bond donors (Lipinski definition) is 1. The Hall–Kier alpha value is -3.13. The minimum Gasteiger partial charge on any atom is -0.342 e. The fourth-order valence-electron chi connectivity index (χ4n) is 3.43. The van der Waals surface area contributed by atoms with E-state index in [0.717, 1.165) is 22.3 Å². The van der Waals surface area contributed by atoms with Gasteiger partial charge in [0.05, 0.1) is 17.1 Å². The Morgan fingerprint density at radius 3 is 2.79 bits per heavy atom. The summed E-state index contributed by atoms with van der Waals surface area (Å²) in [5, 5.41) is 12.3. The molecule has 0 aliphatic heterocycles. The lowest BCUT2D eigenvalue weighted by Gasteiger charge is -2.18. The second-order valence-electron chi connectivity index (χ2n) is 6.77. The summed E-state index contributed by atoms with van der Waals surface area (Å²) in [6, 6.07) is 14.2. The van der Waals surface area contributed by atoms with Crippen molar-refractivity contribution in [1.82, 2.24) is 24.5 Å². The van der Waals surface area contributed by atoms with E-state index in [1.54, 1.807) is 23.4 Å². The van der Waals surface area contributed by atoms with Gasteiger partial charge in [-0.2, -0.15) is 11.8 Å². The molecule has 1 aromatic carbocycles. The Bertz CT molecular complexity index is 1250. The van der Waals surface area contributed by atoms with Crippen molar-refractivity contribution in [3.63, 3.8) is 0 Å². The summed E-state index contributed by atoms with van der Waals surface area (Å²) >= 11 is 1.70. The van der Waals surface area contributed by atoms with Gasteiger partial charge in [0.1, 0.15) is 0 Å². The van der Waals surface area contributed by atoms with Crippen LogP contribution in [0.25, 0.3) is 16.6 Å². The Balaban J connectivity index is 1.74. The van der Waals surface area contributed by atoms with Crippen LogP contribution < -0.4 is 10.9 Å². The van der Waals surface area contributed by atoms with Gasteiger partial charge < -0.3 is 9.88 Å². The first kappa shape index (κ1) is 19.2. The van der Waals surface area contributed by atoms with E-state index in [-0.39, 0.29) is 17.5 Å². The molecule has 4 aromatic rings. The third-order valence-electron chi connectivity index (χ3n) is 4.97. The molecule has 0 saturated heterocycles. The second-order valence-corrected chi connectivity index (χ2v) is 7.75. The lowest BCUT2D eigenvalue weighted by Crippen LogP contribution is -2.32. The minimum absolute atomic E-state index is 0.220. The minimum atomic E-state index is -0.324. The zero-order chi connectivity index (χ0) is 20.4. The summed E-state index contributed by atoms with van der Waals surface area (Å²) in [5.41, 5.74) is 1.60. The van der Waals surface area contributed by atoms with Gasteiger partial charge in [0.2, 0.25) is 0 Å². The molecule has 0 radical (unpaired) electrons. The molecule has 4 rings (SSSR count). The molecule has 29 heavy (non-hydrogen) atoms. The molecule has 148 valence electrons. The Kier molecular flexibility index (Phi) is 5.35. The van der Waals surface area contributed by atoms with E-state index in [1.165, 1.54) is 6.07 Å². The second kappa shape index (κ2) is 8.08. The van der Waals surface area contributed by atoms with Gasteiger partial charge >= 0.3 is 0 Å². The lowest BCUT2D eigenvalue weighted by atomic mass is 10.1. The molecular weight excluding hydrogens is 386 g/mol. The molecule has 3 heterocycles. The van der Waals surface area contributed by atoms with E-state index in [4.69, 9.17) is 0 Å². The number of nitrogens with zero attached hydrogens (tertiary/aromatic N) is 4. The van der Waals surface area contributed by atoms with Crippen molar-refractivity contribution in [2.45, 2.75) is 12.5 Å². The predicted octanol–water partition coefficient (Wildman–Crippen LogP) is 2.81. The number of thioether (sulfide) groups is 1. The van der Waals surface area contributed by atoms with Gasteiger partial charge in [-0.25, -0.2) is 0 Å². The van der Waals surface area contributed by atoms with Crippen LogP contribution in [0, 0.1) is 0 Å². The van der Waals surface area contributed by atoms with E-state index in [1.807, 2.05) is 59.3 Å². The van der Waals surface area contributed by atoms with Crippen LogP contribution in [-0.2, 0) is 7.05 Å². The molecule has 0 fully saturated rings. The van der Waals surface area contributed by atoms with Gasteiger partial charge in [-0.3, -0.25) is 14.0 Å². The van der Waals surface area contributed by atoms with Gasteiger partial charge in [-0.15, -0.1) is 10.2 Å². The third kappa shape index (κ3) is 3.63. The molecule has 0 bridgehead atoms. The van der Waals surface area contributed by atoms with Gasteiger partial charge in [0.15, 0.2) is 11.5 Å². The molecule has 0 spiro atoms. The van der Waals surface area contributed by atoms with E-state index < -0.39 is 0 Å². The van der Waals surface area contributed by atoms with Crippen LogP contribution in [0.3, 0.4) is 0 Å². The van der Waals surface area contributed by atoms with Crippen LogP contribution in [0.4, 0.5) is 0 Å². The Labute approximate surface area is 171 Å². The fourth-order valence-corrected chi connectivity index (χ4v) is 3.90. The molecule has 3 aromatic heterocycles. The summed E-state index contributed by atoms with van der Waals surface area (Å²) in [6.45, 7) is 0. The van der Waals surface area contributed by atoms with E-state index in [0.29, 0.717) is 17.8 Å². The average Bonchev–Trinajstić information content (AvgIpc) is 3.17. The number of pyridine rings is 2. The standard InChI is InChI=1S/C21H21N5O2S/c1-25-17-8-4-3-7-14(17)15(13-19(25)27)21(28)22-16(10-12-29-2)20-24-23-18-9-5-6-11-26(18)20/h3-9,11,13,16H,10,12H2,1-2H3,(H,22,28). The number of carbonyl (C=O) groups is 1. The quantitative estimate of drug-likeness (QED) is 0.532. The van der Waals surface area contributed by atoms with Crippen LogP contribution in [0.2, 0.25) is 0 Å². The molecule has 8 heteroatoms. The molecule has 0 aliphatic rings. The van der Waals surface area contributed by atoms with Crippen molar-refractivity contribution in [3.05, 3.63) is 76.5 Å². The maximum atomic E-state index is 13.2. The van der Waals surface area contributed by atoms with Crippen molar-refractivity contribution in [1.29, 1.82) is 0 Å². The molecule has 1 amide bonds. The zero-order valence-electron chi connectivity index (χ0n) is 16.2. The Morgan fingerprint density at radius 1 is 1.17 bits per heavy atom. The maximum Gasteiger partial charge on any atom is 0.252 e. The molecular formula is C21H21N5O2S. The van der Waals surface area contributed by atoms with Gasteiger partial charge in [0.25, 0.3) is 11.5 Å². The number of aromatic nitrogens is 4. The topological polar surface area (TPSA) is 81.3 Å². The summed E-state index contributed by atoms with van der Waals surface area (Å²) in [4.78, 5) is 25.6. The van der Waals surface area contributed by atoms with E-state index in [2.05, 4.69) is 15.5 Å². The van der Waals surface area contributed by atoms with Crippen LogP contribution in [-0.4, -0.2) is 37.1 Å². The lowest BCUT2D eigenvalue weighted by molar-refractivity contribution is 0.0935. The first-order chi connectivity index (χ1) is 14.1. The van der Waals surface area contributed by atoms with Gasteiger partial charge in [0, 0.05) is 24.7 Å². The molecule has 0 aliphatic carbocycles. The fraction of sp³-hybridized carbons (Fsp3) is 0.238. The molecule has 1 N–H and O–H groups in total. The number of hydrogen-bond acceptors (Lipinski definition) is 5. The normalized spacial score (nSPS) is 12.3. The van der Waals surface area contributed by atoms with Crippen molar-refractivity contribution in [2.24, 2.45) is 7.05 Å². The van der Waals surface area contributed by atoms with Crippen LogP contribution in [0.15, 0.2) is 59.5 Å². The third-order valence-corrected chi connectivity index (χ3v) is 5.61. The summed E-state index contributed by atoms with van der Waals surface area (Å²) in [6.07, 6.45) is 4.61. The number of carbonyl (C=O) groups excluding carboxylic acids is 1. The van der Waals surface area contributed by atoms with Crippen molar-refractivity contribution >= 4 is 34.2 Å². The SMILES string of the molecule is CSCCC(NC(=O)c1cc(=O)n(C)c2ccccc12)c1nnc2ccccn12. The molecule has 1 unspecified atom stereocenters. The average molecular weight is 407 g/mol. The highest BCUT2D eigenvalue weighted by Crippen LogP contribution is 2.21. The van der Waals surface area contributed by atoms with Crippen LogP contribution >= 0.6 is 11.8 Å². The Morgan fingerprint density at radius 2 is 1.97 bits per heavy atom. The number of amides is 1. The number of rotatable bonds is 6. The van der Waals surface area contributed by atoms with Crippen LogP contribution in [0.5, 0.6) is 0 Å². The highest BCUT2D eigenvalue weighted by Gasteiger charge is 2.22. The van der Waals surface area contributed by atoms with Gasteiger partial charge in [-0.1, -0.05) is 24.3 Å². The smallest absolute Gasteiger partial charge is 0.252 e. The summed E-state index contributed by atoms with van der Waals surface area (Å²) in [5.74, 6) is 1.23. The van der Waals surface area contributed by atoms with E-state index in [9.17, 15) is 9.59 Å². The first-order valence-corrected chi connectivity index (χ1v) is 10.7. The monoisotopic (exact) mass is 407 g/mol. The molecule has 1 atom stereocenters. The number of benzene rings is 1. The first-order valence-electron chi connectivity index (χ1n) is 9.28. The highest BCUT2D eigenvalue weighted by molar-refractivity contribution is 7.98. The van der Waals surface area contributed by atoms with Crippen molar-refractivity contribution in [2.75, 3.05) is 12.0 Å².